The molecule has 1 N–H and O–H groups in total. The predicted molar refractivity (Wildman–Crippen MR) is 88.9 cm³/mol. The SMILES string of the molecule is CCOC(=O)c1c(C(F)(F)F)nn2c(=O)cc(-c3cccc([N+](=O)[O-])c3)[nH]c12. The molecule has 0 atom stereocenters. The van der Waals surface area contributed by atoms with Crippen LogP contribution in [0.15, 0.2) is 35.1 Å². The number of halogens is 3. The van der Waals surface area contributed by atoms with Crippen LogP contribution in [-0.2, 0) is 10.9 Å². The molecule has 3 aromatic rings. The molecule has 28 heavy (non-hydrogen) atoms. The van der Waals surface area contributed by atoms with Crippen LogP contribution in [0.4, 0.5) is 18.9 Å². The number of H-pyrrole nitrogens is 1. The number of ether oxygens (including phenoxy) is 1. The van der Waals surface area contributed by atoms with Gasteiger partial charge in [-0.05, 0) is 6.92 Å². The Morgan fingerprint density at radius 3 is 2.68 bits per heavy atom. The van der Waals surface area contributed by atoms with Crippen LogP contribution in [0.25, 0.3) is 16.9 Å². The van der Waals surface area contributed by atoms with Gasteiger partial charge in [-0.1, -0.05) is 12.1 Å². The third-order valence-corrected chi connectivity index (χ3v) is 3.73. The summed E-state index contributed by atoms with van der Waals surface area (Å²) in [6, 6.07) is 6.03. The standard InChI is InChI=1S/C16H11F3N4O5/c1-2-28-15(25)12-13(16(17,18)19)21-22-11(24)7-10(20-14(12)22)8-4-3-5-9(6-8)23(26)27/h3-7,20H,2H2,1H3. The number of nitro benzene ring substituents is 1. The minimum atomic E-state index is -5.01. The summed E-state index contributed by atoms with van der Waals surface area (Å²) in [4.78, 5) is 37.2. The van der Waals surface area contributed by atoms with Crippen molar-refractivity contribution >= 4 is 17.3 Å². The van der Waals surface area contributed by atoms with E-state index in [0.29, 0.717) is 4.52 Å². The van der Waals surface area contributed by atoms with Gasteiger partial charge in [-0.3, -0.25) is 14.9 Å². The van der Waals surface area contributed by atoms with Gasteiger partial charge in [0.1, 0.15) is 5.56 Å². The van der Waals surface area contributed by atoms with Gasteiger partial charge in [0.2, 0.25) is 0 Å². The Hall–Kier alpha value is -3.70. The Balaban J connectivity index is 2.31. The van der Waals surface area contributed by atoms with Crippen molar-refractivity contribution < 1.29 is 27.6 Å². The first kappa shape index (κ1) is 19.1. The van der Waals surface area contributed by atoms with Crippen molar-refractivity contribution in [3.05, 3.63) is 62.1 Å². The van der Waals surface area contributed by atoms with Crippen molar-refractivity contribution in [3.63, 3.8) is 0 Å². The number of alkyl halides is 3. The molecular weight excluding hydrogens is 385 g/mol. The minimum Gasteiger partial charge on any atom is -0.462 e. The molecule has 12 heteroatoms. The molecule has 0 radical (unpaired) electrons. The maximum atomic E-state index is 13.3. The van der Waals surface area contributed by atoms with Crippen LogP contribution in [0.5, 0.6) is 0 Å². The van der Waals surface area contributed by atoms with Crippen LogP contribution in [0.2, 0.25) is 0 Å². The number of nitro groups is 1. The van der Waals surface area contributed by atoms with Crippen LogP contribution < -0.4 is 5.56 Å². The van der Waals surface area contributed by atoms with E-state index in [-0.39, 0.29) is 23.6 Å². The lowest BCUT2D eigenvalue weighted by Crippen LogP contribution is -2.15. The Morgan fingerprint density at radius 2 is 2.07 bits per heavy atom. The number of nitrogens with zero attached hydrogens (tertiary/aromatic N) is 3. The van der Waals surface area contributed by atoms with E-state index in [4.69, 9.17) is 0 Å². The summed E-state index contributed by atoms with van der Waals surface area (Å²) in [6.07, 6.45) is -5.01. The number of aromatic nitrogens is 3. The average Bonchev–Trinajstić information content (AvgIpc) is 3.02. The van der Waals surface area contributed by atoms with E-state index in [1.807, 2.05) is 0 Å². The topological polar surface area (TPSA) is 120 Å². The van der Waals surface area contributed by atoms with Gasteiger partial charge < -0.3 is 9.72 Å². The van der Waals surface area contributed by atoms with Gasteiger partial charge in [0.25, 0.3) is 11.2 Å². The molecule has 0 amide bonds. The lowest BCUT2D eigenvalue weighted by molar-refractivity contribution is -0.384. The highest BCUT2D eigenvalue weighted by Gasteiger charge is 2.41. The second kappa shape index (κ2) is 6.79. The van der Waals surface area contributed by atoms with Gasteiger partial charge in [-0.25, -0.2) is 4.79 Å². The zero-order chi connectivity index (χ0) is 20.6. The van der Waals surface area contributed by atoms with E-state index >= 15 is 0 Å². The van der Waals surface area contributed by atoms with E-state index < -0.39 is 39.5 Å². The second-order valence-electron chi connectivity index (χ2n) is 5.53. The summed E-state index contributed by atoms with van der Waals surface area (Å²) in [5.74, 6) is -1.31. The quantitative estimate of drug-likeness (QED) is 0.411. The Kier molecular flexibility index (Phi) is 4.63. The van der Waals surface area contributed by atoms with Crippen molar-refractivity contribution in [3.8, 4) is 11.3 Å². The first-order valence-corrected chi connectivity index (χ1v) is 7.78. The highest BCUT2D eigenvalue weighted by molar-refractivity contribution is 5.97. The molecule has 0 aliphatic heterocycles. The molecule has 0 bridgehead atoms. The number of hydrogen-bond donors (Lipinski definition) is 1. The number of esters is 1. The van der Waals surface area contributed by atoms with Crippen molar-refractivity contribution in [2.45, 2.75) is 13.1 Å². The molecule has 2 heterocycles. The number of non-ortho nitro benzene ring substituents is 1. The van der Waals surface area contributed by atoms with Gasteiger partial charge in [-0.2, -0.15) is 22.8 Å². The molecule has 146 valence electrons. The first-order valence-electron chi connectivity index (χ1n) is 7.78. The number of benzene rings is 1. The molecule has 2 aromatic heterocycles. The molecule has 0 unspecified atom stereocenters. The number of fused-ring (bicyclic) bond motifs is 1. The molecule has 9 nitrogen and oxygen atoms in total. The number of nitrogens with one attached hydrogen (secondary N) is 1. The maximum absolute atomic E-state index is 13.3. The zero-order valence-corrected chi connectivity index (χ0v) is 14.1. The van der Waals surface area contributed by atoms with Crippen LogP contribution in [-0.4, -0.2) is 32.1 Å². The van der Waals surface area contributed by atoms with Crippen molar-refractivity contribution in [1.29, 1.82) is 0 Å². The monoisotopic (exact) mass is 396 g/mol. The predicted octanol–water partition coefficient (Wildman–Crippen LogP) is 2.79. The minimum absolute atomic E-state index is 0.0274. The summed E-state index contributed by atoms with van der Waals surface area (Å²) < 4.78 is 45.0. The molecule has 0 saturated carbocycles. The largest absolute Gasteiger partial charge is 0.462 e. The second-order valence-corrected chi connectivity index (χ2v) is 5.53. The maximum Gasteiger partial charge on any atom is 0.436 e. The molecule has 3 rings (SSSR count). The fourth-order valence-electron chi connectivity index (χ4n) is 2.58. The van der Waals surface area contributed by atoms with E-state index in [1.165, 1.54) is 25.1 Å². The lowest BCUT2D eigenvalue weighted by Gasteiger charge is -2.06. The molecular formula is C16H11F3N4O5. The van der Waals surface area contributed by atoms with E-state index in [1.54, 1.807) is 0 Å². The summed E-state index contributed by atoms with van der Waals surface area (Å²) in [5.41, 5.74) is -4.16. The first-order chi connectivity index (χ1) is 13.1. The van der Waals surface area contributed by atoms with Crippen LogP contribution in [0.3, 0.4) is 0 Å². The molecule has 0 fully saturated rings. The number of hydrogen-bond acceptors (Lipinski definition) is 6. The van der Waals surface area contributed by atoms with Gasteiger partial charge in [-0.15, -0.1) is 0 Å². The summed E-state index contributed by atoms with van der Waals surface area (Å²) >= 11 is 0. The molecule has 0 aliphatic rings. The summed E-state index contributed by atoms with van der Waals surface area (Å²) in [5, 5.41) is 14.1. The molecule has 1 aromatic carbocycles. The fraction of sp³-hybridized carbons (Fsp3) is 0.188. The number of carbonyl (C=O) groups excluding carboxylic acids is 1. The van der Waals surface area contributed by atoms with E-state index in [2.05, 4.69) is 14.8 Å². The van der Waals surface area contributed by atoms with Crippen molar-refractivity contribution in [1.82, 2.24) is 14.6 Å². The lowest BCUT2D eigenvalue weighted by atomic mass is 10.1. The van der Waals surface area contributed by atoms with Crippen LogP contribution >= 0.6 is 0 Å². The van der Waals surface area contributed by atoms with Gasteiger partial charge in [0.05, 0.1) is 17.2 Å². The number of carbonyl (C=O) groups is 1. The smallest absolute Gasteiger partial charge is 0.436 e. The molecule has 0 saturated heterocycles. The molecule has 0 aliphatic carbocycles. The number of rotatable bonds is 4. The van der Waals surface area contributed by atoms with Gasteiger partial charge in [0.15, 0.2) is 11.3 Å². The van der Waals surface area contributed by atoms with Gasteiger partial charge in [0, 0.05) is 23.8 Å². The summed E-state index contributed by atoms with van der Waals surface area (Å²) in [7, 11) is 0. The average molecular weight is 396 g/mol. The Labute approximate surface area is 153 Å². The van der Waals surface area contributed by atoms with Crippen LogP contribution in [0.1, 0.15) is 23.0 Å². The highest BCUT2D eigenvalue weighted by Crippen LogP contribution is 2.33. The Morgan fingerprint density at radius 1 is 1.36 bits per heavy atom. The normalized spacial score (nSPS) is 11.6. The van der Waals surface area contributed by atoms with Crippen molar-refractivity contribution in [2.24, 2.45) is 0 Å². The van der Waals surface area contributed by atoms with E-state index in [9.17, 15) is 32.9 Å². The third-order valence-electron chi connectivity index (χ3n) is 3.73. The zero-order valence-electron chi connectivity index (χ0n) is 14.1. The highest BCUT2D eigenvalue weighted by atomic mass is 19.4. The fourth-order valence-corrected chi connectivity index (χ4v) is 2.58. The Bertz CT molecular complexity index is 1150. The number of aromatic amines is 1. The van der Waals surface area contributed by atoms with Crippen molar-refractivity contribution in [2.75, 3.05) is 6.61 Å². The van der Waals surface area contributed by atoms with Gasteiger partial charge >= 0.3 is 12.1 Å². The summed E-state index contributed by atoms with van der Waals surface area (Å²) in [6.45, 7) is 1.22. The van der Waals surface area contributed by atoms with E-state index in [0.717, 1.165) is 12.1 Å². The molecule has 0 spiro atoms. The third kappa shape index (κ3) is 3.31. The van der Waals surface area contributed by atoms with Crippen LogP contribution in [0, 0.1) is 10.1 Å².